The van der Waals surface area contributed by atoms with Gasteiger partial charge in [-0.05, 0) is 33.1 Å². The van der Waals surface area contributed by atoms with E-state index in [1.54, 1.807) is 0 Å². The summed E-state index contributed by atoms with van der Waals surface area (Å²) < 4.78 is 5.13. The van der Waals surface area contributed by atoms with Crippen molar-refractivity contribution in [1.82, 2.24) is 15.5 Å². The highest BCUT2D eigenvalue weighted by atomic mass is 16.5. The largest absolute Gasteiger partial charge is 0.466 e. The third kappa shape index (κ3) is 3.80. The Morgan fingerprint density at radius 2 is 2.47 bits per heavy atom. The van der Waals surface area contributed by atoms with Gasteiger partial charge in [0.15, 0.2) is 0 Å². The van der Waals surface area contributed by atoms with E-state index in [9.17, 15) is 4.79 Å². The molecular formula is C14H23N3O2. The third-order valence-electron chi connectivity index (χ3n) is 3.80. The van der Waals surface area contributed by atoms with Gasteiger partial charge in [-0.3, -0.25) is 9.89 Å². The second-order valence-electron chi connectivity index (χ2n) is 5.23. The summed E-state index contributed by atoms with van der Waals surface area (Å²) in [5, 5.41) is 10.4. The van der Waals surface area contributed by atoms with Crippen LogP contribution in [0.25, 0.3) is 0 Å². The zero-order chi connectivity index (χ0) is 13.7. The van der Waals surface area contributed by atoms with Crippen molar-refractivity contribution in [3.8, 4) is 0 Å². The van der Waals surface area contributed by atoms with Gasteiger partial charge in [0.05, 0.1) is 18.7 Å². The van der Waals surface area contributed by atoms with E-state index in [4.69, 9.17) is 4.74 Å². The van der Waals surface area contributed by atoms with E-state index in [-0.39, 0.29) is 17.9 Å². The molecule has 5 nitrogen and oxygen atoms in total. The second-order valence-corrected chi connectivity index (χ2v) is 5.23. The number of hydrogen-bond donors (Lipinski definition) is 2. The molecule has 1 fully saturated rings. The lowest BCUT2D eigenvalue weighted by molar-refractivity contribution is -0.149. The van der Waals surface area contributed by atoms with Crippen molar-refractivity contribution in [1.29, 1.82) is 0 Å². The average Bonchev–Trinajstić information content (AvgIpc) is 2.93. The highest BCUT2D eigenvalue weighted by Gasteiger charge is 2.28. The molecule has 1 aromatic rings. The van der Waals surface area contributed by atoms with Crippen LogP contribution in [0.15, 0.2) is 12.4 Å². The number of nitrogens with one attached hydrogen (secondary N) is 2. The maximum Gasteiger partial charge on any atom is 0.308 e. The predicted octanol–water partition coefficient (Wildman–Crippen LogP) is 2.18. The molecule has 1 saturated carbocycles. The van der Waals surface area contributed by atoms with E-state index in [0.717, 1.165) is 31.2 Å². The highest BCUT2D eigenvalue weighted by molar-refractivity contribution is 5.72. The number of rotatable bonds is 5. The summed E-state index contributed by atoms with van der Waals surface area (Å²) in [6.45, 7) is 4.45. The predicted molar refractivity (Wildman–Crippen MR) is 72.5 cm³/mol. The van der Waals surface area contributed by atoms with Gasteiger partial charge in [-0.15, -0.1) is 0 Å². The first kappa shape index (κ1) is 14.1. The monoisotopic (exact) mass is 265 g/mol. The number of carbonyl (C=O) groups excluding carboxylic acids is 1. The maximum absolute atomic E-state index is 11.8. The van der Waals surface area contributed by atoms with Crippen LogP contribution in [0.3, 0.4) is 0 Å². The van der Waals surface area contributed by atoms with Gasteiger partial charge in [0.2, 0.25) is 0 Å². The van der Waals surface area contributed by atoms with E-state index < -0.39 is 0 Å². The van der Waals surface area contributed by atoms with Gasteiger partial charge in [-0.2, -0.15) is 5.10 Å². The average molecular weight is 265 g/mol. The molecule has 3 atom stereocenters. The third-order valence-corrected chi connectivity index (χ3v) is 3.80. The van der Waals surface area contributed by atoms with Gasteiger partial charge in [0.25, 0.3) is 0 Å². The standard InChI is InChI=1S/C14H23N3O2/c1-3-19-14(18)11-5-4-6-13(7-11)17-10(2)12-8-15-16-9-12/h8-11,13,17H,3-7H2,1-2H3,(H,15,16). The molecule has 5 heteroatoms. The summed E-state index contributed by atoms with van der Waals surface area (Å²) >= 11 is 0. The van der Waals surface area contributed by atoms with E-state index in [0.29, 0.717) is 12.6 Å². The SMILES string of the molecule is CCOC(=O)C1CCCC(NC(C)c2cn[nH]c2)C1. The molecule has 1 aliphatic rings. The quantitative estimate of drug-likeness (QED) is 0.801. The molecule has 0 amide bonds. The normalized spacial score (nSPS) is 24.9. The number of aromatic amines is 1. The van der Waals surface area contributed by atoms with E-state index in [1.165, 1.54) is 0 Å². The first-order valence-corrected chi connectivity index (χ1v) is 7.12. The number of nitrogens with zero attached hydrogens (tertiary/aromatic N) is 1. The molecule has 0 spiro atoms. The summed E-state index contributed by atoms with van der Waals surface area (Å²) in [6.07, 6.45) is 7.78. The number of ether oxygens (including phenoxy) is 1. The first-order chi connectivity index (χ1) is 9.20. The van der Waals surface area contributed by atoms with Crippen LogP contribution in [0.4, 0.5) is 0 Å². The lowest BCUT2D eigenvalue weighted by Crippen LogP contribution is -2.38. The van der Waals surface area contributed by atoms with Crippen molar-refractivity contribution >= 4 is 5.97 Å². The zero-order valence-corrected chi connectivity index (χ0v) is 11.7. The zero-order valence-electron chi connectivity index (χ0n) is 11.7. The van der Waals surface area contributed by atoms with Crippen LogP contribution >= 0.6 is 0 Å². The Balaban J connectivity index is 1.85. The van der Waals surface area contributed by atoms with Gasteiger partial charge in [0, 0.05) is 23.8 Å². The van der Waals surface area contributed by atoms with Crippen LogP contribution in [0, 0.1) is 5.92 Å². The smallest absolute Gasteiger partial charge is 0.308 e. The first-order valence-electron chi connectivity index (χ1n) is 7.12. The molecule has 1 aliphatic carbocycles. The lowest BCUT2D eigenvalue weighted by Gasteiger charge is -2.30. The molecule has 19 heavy (non-hydrogen) atoms. The Hall–Kier alpha value is -1.36. The van der Waals surface area contributed by atoms with Crippen LogP contribution in [-0.4, -0.2) is 28.8 Å². The highest BCUT2D eigenvalue weighted by Crippen LogP contribution is 2.27. The summed E-state index contributed by atoms with van der Waals surface area (Å²) in [5.41, 5.74) is 1.15. The summed E-state index contributed by atoms with van der Waals surface area (Å²) in [6, 6.07) is 0.637. The molecule has 1 aromatic heterocycles. The van der Waals surface area contributed by atoms with Gasteiger partial charge >= 0.3 is 5.97 Å². The number of hydrogen-bond acceptors (Lipinski definition) is 4. The van der Waals surface area contributed by atoms with Crippen molar-refractivity contribution in [3.63, 3.8) is 0 Å². The molecule has 3 unspecified atom stereocenters. The van der Waals surface area contributed by atoms with Crippen LogP contribution in [0.1, 0.15) is 51.1 Å². The molecule has 0 radical (unpaired) electrons. The minimum atomic E-state index is -0.0371. The van der Waals surface area contributed by atoms with Gasteiger partial charge in [-0.1, -0.05) is 6.42 Å². The fourth-order valence-electron chi connectivity index (χ4n) is 2.76. The Morgan fingerprint density at radius 1 is 1.63 bits per heavy atom. The van der Waals surface area contributed by atoms with E-state index in [2.05, 4.69) is 22.4 Å². The van der Waals surface area contributed by atoms with Gasteiger partial charge in [0.1, 0.15) is 0 Å². The fourth-order valence-corrected chi connectivity index (χ4v) is 2.76. The van der Waals surface area contributed by atoms with Crippen LogP contribution in [0.5, 0.6) is 0 Å². The van der Waals surface area contributed by atoms with Crippen molar-refractivity contribution in [3.05, 3.63) is 18.0 Å². The second kappa shape index (κ2) is 6.70. The lowest BCUT2D eigenvalue weighted by atomic mass is 9.85. The van der Waals surface area contributed by atoms with Crippen LogP contribution < -0.4 is 5.32 Å². The van der Waals surface area contributed by atoms with Crippen molar-refractivity contribution in [2.75, 3.05) is 6.61 Å². The molecular weight excluding hydrogens is 242 g/mol. The molecule has 2 rings (SSSR count). The van der Waals surface area contributed by atoms with Crippen LogP contribution in [0.2, 0.25) is 0 Å². The summed E-state index contributed by atoms with van der Waals surface area (Å²) in [5.74, 6) is 0.0210. The molecule has 0 aliphatic heterocycles. The van der Waals surface area contributed by atoms with Gasteiger partial charge in [-0.25, -0.2) is 0 Å². The minimum Gasteiger partial charge on any atom is -0.466 e. The Bertz CT molecular complexity index is 391. The number of esters is 1. The van der Waals surface area contributed by atoms with Crippen LogP contribution in [-0.2, 0) is 9.53 Å². The Kier molecular flexibility index (Phi) is 4.96. The molecule has 0 bridgehead atoms. The van der Waals surface area contributed by atoms with E-state index in [1.807, 2.05) is 19.3 Å². The van der Waals surface area contributed by atoms with Crippen molar-refractivity contribution in [2.45, 2.75) is 51.6 Å². The van der Waals surface area contributed by atoms with Crippen molar-refractivity contribution < 1.29 is 9.53 Å². The van der Waals surface area contributed by atoms with Crippen molar-refractivity contribution in [2.24, 2.45) is 5.92 Å². The number of H-pyrrole nitrogens is 1. The molecule has 106 valence electrons. The number of carbonyl (C=O) groups is 1. The fraction of sp³-hybridized carbons (Fsp3) is 0.714. The summed E-state index contributed by atoms with van der Waals surface area (Å²) in [4.78, 5) is 11.8. The minimum absolute atomic E-state index is 0.0371. The number of aromatic nitrogens is 2. The molecule has 2 N–H and O–H groups in total. The Labute approximate surface area is 114 Å². The summed E-state index contributed by atoms with van der Waals surface area (Å²) in [7, 11) is 0. The molecule has 1 heterocycles. The van der Waals surface area contributed by atoms with E-state index >= 15 is 0 Å². The Morgan fingerprint density at radius 3 is 3.16 bits per heavy atom. The van der Waals surface area contributed by atoms with Gasteiger partial charge < -0.3 is 10.1 Å². The molecule has 0 saturated heterocycles. The topological polar surface area (TPSA) is 67.0 Å². The molecule has 0 aromatic carbocycles. The maximum atomic E-state index is 11.8.